The Bertz CT molecular complexity index is 394. The Labute approximate surface area is 105 Å². The summed E-state index contributed by atoms with van der Waals surface area (Å²) >= 11 is 0. The first-order valence-electron chi connectivity index (χ1n) is 5.53. The van der Waals surface area contributed by atoms with E-state index >= 15 is 0 Å². The number of rotatable bonds is 6. The molecule has 98 valence electrons. The number of aliphatic hydroxyl groups excluding tert-OH is 1. The second-order valence-corrected chi connectivity index (χ2v) is 3.68. The van der Waals surface area contributed by atoms with Gasteiger partial charge in [0.2, 0.25) is 0 Å². The number of carbonyl (C=O) groups is 2. The third-order valence-electron chi connectivity index (χ3n) is 2.26. The maximum absolute atomic E-state index is 11.7. The van der Waals surface area contributed by atoms with Gasteiger partial charge in [-0.2, -0.15) is 0 Å². The summed E-state index contributed by atoms with van der Waals surface area (Å²) in [6.07, 6.45) is 0. The van der Waals surface area contributed by atoms with Gasteiger partial charge < -0.3 is 20.4 Å². The van der Waals surface area contributed by atoms with E-state index in [2.05, 4.69) is 5.32 Å². The topological polar surface area (TPSA) is 89.9 Å². The van der Waals surface area contributed by atoms with Crippen LogP contribution in [0.15, 0.2) is 30.3 Å². The number of aliphatic hydroxyl groups is 1. The first kappa shape index (κ1) is 14.0. The Morgan fingerprint density at radius 3 is 2.44 bits per heavy atom. The molecule has 0 aliphatic rings. The van der Waals surface area contributed by atoms with Crippen molar-refractivity contribution in [2.75, 3.05) is 19.7 Å². The van der Waals surface area contributed by atoms with Crippen LogP contribution >= 0.6 is 0 Å². The zero-order valence-corrected chi connectivity index (χ0v) is 9.87. The highest BCUT2D eigenvalue weighted by Crippen LogP contribution is 2.04. The first-order chi connectivity index (χ1) is 8.63. The molecule has 0 spiro atoms. The van der Waals surface area contributed by atoms with Gasteiger partial charge >= 0.3 is 12.0 Å². The largest absolute Gasteiger partial charge is 0.480 e. The summed E-state index contributed by atoms with van der Waals surface area (Å²) in [7, 11) is 0. The predicted molar refractivity (Wildman–Crippen MR) is 65.0 cm³/mol. The highest BCUT2D eigenvalue weighted by molar-refractivity contribution is 5.79. The van der Waals surface area contributed by atoms with Gasteiger partial charge in [0.15, 0.2) is 0 Å². The number of carboxylic acids is 1. The Morgan fingerprint density at radius 1 is 1.22 bits per heavy atom. The lowest BCUT2D eigenvalue weighted by Gasteiger charge is -2.21. The van der Waals surface area contributed by atoms with Crippen LogP contribution in [-0.4, -0.2) is 46.8 Å². The van der Waals surface area contributed by atoms with Crippen molar-refractivity contribution in [1.29, 1.82) is 0 Å². The summed E-state index contributed by atoms with van der Waals surface area (Å²) in [5.41, 5.74) is 0.913. The van der Waals surface area contributed by atoms with Gasteiger partial charge in [-0.15, -0.1) is 0 Å². The molecule has 6 heteroatoms. The van der Waals surface area contributed by atoms with Crippen molar-refractivity contribution >= 4 is 12.0 Å². The van der Waals surface area contributed by atoms with Gasteiger partial charge in [0.1, 0.15) is 6.54 Å². The van der Waals surface area contributed by atoms with Crippen LogP contribution in [0.25, 0.3) is 0 Å². The van der Waals surface area contributed by atoms with E-state index in [1.807, 2.05) is 30.3 Å². The van der Waals surface area contributed by atoms with Crippen molar-refractivity contribution < 1.29 is 19.8 Å². The monoisotopic (exact) mass is 252 g/mol. The molecule has 3 N–H and O–H groups in total. The summed E-state index contributed by atoms with van der Waals surface area (Å²) in [5.74, 6) is -1.10. The first-order valence-corrected chi connectivity index (χ1v) is 5.53. The number of nitrogens with one attached hydrogen (secondary N) is 1. The van der Waals surface area contributed by atoms with Gasteiger partial charge in [-0.05, 0) is 5.56 Å². The van der Waals surface area contributed by atoms with Crippen LogP contribution < -0.4 is 5.32 Å². The van der Waals surface area contributed by atoms with Gasteiger partial charge in [-0.3, -0.25) is 4.79 Å². The van der Waals surface area contributed by atoms with Crippen LogP contribution in [0.5, 0.6) is 0 Å². The molecule has 1 aromatic carbocycles. The zero-order chi connectivity index (χ0) is 13.4. The maximum atomic E-state index is 11.7. The number of amides is 2. The number of carboxylic acid groups (broad SMARTS) is 1. The van der Waals surface area contributed by atoms with E-state index in [0.717, 1.165) is 5.56 Å². The van der Waals surface area contributed by atoms with E-state index in [-0.39, 0.29) is 13.2 Å². The van der Waals surface area contributed by atoms with Crippen molar-refractivity contribution in [3.05, 3.63) is 35.9 Å². The summed E-state index contributed by atoms with van der Waals surface area (Å²) in [4.78, 5) is 23.4. The highest BCUT2D eigenvalue weighted by Gasteiger charge is 2.13. The van der Waals surface area contributed by atoms with Crippen molar-refractivity contribution in [3.8, 4) is 0 Å². The molecule has 1 aromatic rings. The standard InChI is InChI=1S/C12H16N2O4/c15-7-6-14(12(18)13-8-11(16)17)9-10-4-2-1-3-5-10/h1-5,15H,6-9H2,(H,13,18)(H,16,17). The lowest BCUT2D eigenvalue weighted by molar-refractivity contribution is -0.135. The van der Waals surface area contributed by atoms with Gasteiger partial charge in [-0.25, -0.2) is 4.79 Å². The molecule has 0 saturated carbocycles. The smallest absolute Gasteiger partial charge is 0.323 e. The maximum Gasteiger partial charge on any atom is 0.323 e. The average molecular weight is 252 g/mol. The molecule has 6 nitrogen and oxygen atoms in total. The van der Waals surface area contributed by atoms with E-state index < -0.39 is 18.5 Å². The fourth-order valence-electron chi connectivity index (χ4n) is 1.44. The SMILES string of the molecule is O=C(O)CNC(=O)N(CCO)Cc1ccccc1. The molecular formula is C12H16N2O4. The predicted octanol–water partition coefficient (Wildman–Crippen LogP) is 0.275. The van der Waals surface area contributed by atoms with Crippen molar-refractivity contribution in [2.45, 2.75) is 6.54 Å². The fourth-order valence-corrected chi connectivity index (χ4v) is 1.44. The molecule has 2 amide bonds. The number of carbonyl (C=O) groups excluding carboxylic acids is 1. The van der Waals surface area contributed by atoms with Crippen molar-refractivity contribution in [3.63, 3.8) is 0 Å². The normalized spacial score (nSPS) is 9.83. The molecule has 0 radical (unpaired) electrons. The van der Waals surface area contributed by atoms with Crippen LogP contribution in [0.4, 0.5) is 4.79 Å². The lowest BCUT2D eigenvalue weighted by Crippen LogP contribution is -2.42. The summed E-state index contributed by atoms with van der Waals surface area (Å²) in [6, 6.07) is 8.77. The Balaban J connectivity index is 2.58. The highest BCUT2D eigenvalue weighted by atomic mass is 16.4. The van der Waals surface area contributed by atoms with E-state index in [1.165, 1.54) is 4.90 Å². The van der Waals surface area contributed by atoms with Crippen LogP contribution in [0.2, 0.25) is 0 Å². The van der Waals surface area contributed by atoms with E-state index in [4.69, 9.17) is 10.2 Å². The number of urea groups is 1. The fraction of sp³-hybridized carbons (Fsp3) is 0.333. The molecule has 0 saturated heterocycles. The summed E-state index contributed by atoms with van der Waals surface area (Å²) < 4.78 is 0. The van der Waals surface area contributed by atoms with E-state index in [9.17, 15) is 9.59 Å². The lowest BCUT2D eigenvalue weighted by atomic mass is 10.2. The molecule has 1 rings (SSSR count). The number of nitrogens with zero attached hydrogens (tertiary/aromatic N) is 1. The third kappa shape index (κ3) is 4.84. The Morgan fingerprint density at radius 2 is 1.89 bits per heavy atom. The minimum atomic E-state index is -1.10. The summed E-state index contributed by atoms with van der Waals surface area (Å²) in [5, 5.41) is 19.6. The van der Waals surface area contributed by atoms with E-state index in [1.54, 1.807) is 0 Å². The molecule has 0 unspecified atom stereocenters. The molecular weight excluding hydrogens is 236 g/mol. The number of aliphatic carboxylic acids is 1. The molecule has 0 aliphatic carbocycles. The molecule has 0 heterocycles. The number of benzene rings is 1. The minimum Gasteiger partial charge on any atom is -0.480 e. The van der Waals surface area contributed by atoms with Gasteiger partial charge in [0.05, 0.1) is 6.61 Å². The van der Waals surface area contributed by atoms with Gasteiger partial charge in [-0.1, -0.05) is 30.3 Å². The molecule has 18 heavy (non-hydrogen) atoms. The average Bonchev–Trinajstić information content (AvgIpc) is 2.36. The van der Waals surface area contributed by atoms with Crippen molar-refractivity contribution in [1.82, 2.24) is 10.2 Å². The molecule has 0 bridgehead atoms. The molecule has 0 fully saturated rings. The summed E-state index contributed by atoms with van der Waals surface area (Å²) in [6.45, 7) is -0.129. The second kappa shape index (κ2) is 7.29. The Kier molecular flexibility index (Phi) is 5.66. The Hall–Kier alpha value is -2.08. The minimum absolute atomic E-state index is 0.153. The molecule has 0 atom stereocenters. The van der Waals surface area contributed by atoms with Gasteiger partial charge in [0, 0.05) is 13.1 Å². The quantitative estimate of drug-likeness (QED) is 0.678. The second-order valence-electron chi connectivity index (χ2n) is 3.68. The van der Waals surface area contributed by atoms with Crippen molar-refractivity contribution in [2.24, 2.45) is 0 Å². The molecule has 0 aromatic heterocycles. The number of hydrogen-bond acceptors (Lipinski definition) is 3. The van der Waals surface area contributed by atoms with Crippen LogP contribution in [0, 0.1) is 0 Å². The number of hydrogen-bond donors (Lipinski definition) is 3. The van der Waals surface area contributed by atoms with E-state index in [0.29, 0.717) is 6.54 Å². The van der Waals surface area contributed by atoms with Crippen LogP contribution in [0.3, 0.4) is 0 Å². The molecule has 0 aliphatic heterocycles. The van der Waals surface area contributed by atoms with Crippen LogP contribution in [-0.2, 0) is 11.3 Å². The zero-order valence-electron chi connectivity index (χ0n) is 9.87. The third-order valence-corrected chi connectivity index (χ3v) is 2.26. The van der Waals surface area contributed by atoms with Crippen LogP contribution in [0.1, 0.15) is 5.56 Å². The van der Waals surface area contributed by atoms with Gasteiger partial charge in [0.25, 0.3) is 0 Å².